The molecular formula is C20H15N3O3S. The third-order valence-corrected chi connectivity index (χ3v) is 5.51. The van der Waals surface area contributed by atoms with Gasteiger partial charge in [-0.3, -0.25) is 14.9 Å². The lowest BCUT2D eigenvalue weighted by atomic mass is 10.1. The predicted molar refractivity (Wildman–Crippen MR) is 106 cm³/mol. The van der Waals surface area contributed by atoms with Crippen LogP contribution in [0.5, 0.6) is 0 Å². The van der Waals surface area contributed by atoms with Gasteiger partial charge >= 0.3 is 0 Å². The Morgan fingerprint density at radius 3 is 2.67 bits per heavy atom. The average Bonchev–Trinajstić information content (AvgIpc) is 2.96. The molecule has 0 atom stereocenters. The second-order valence-corrected chi connectivity index (χ2v) is 7.23. The van der Waals surface area contributed by atoms with Crippen LogP contribution in [0.2, 0.25) is 0 Å². The summed E-state index contributed by atoms with van der Waals surface area (Å²) in [5, 5.41) is 13.2. The fourth-order valence-electron chi connectivity index (χ4n) is 3.00. The minimum absolute atomic E-state index is 0.0185. The van der Waals surface area contributed by atoms with Gasteiger partial charge in [0, 0.05) is 19.2 Å². The van der Waals surface area contributed by atoms with E-state index in [1.165, 1.54) is 23.5 Å². The molecule has 0 spiro atoms. The molecular weight excluding hydrogens is 362 g/mol. The van der Waals surface area contributed by atoms with E-state index in [9.17, 15) is 14.9 Å². The zero-order valence-electron chi connectivity index (χ0n) is 14.5. The summed E-state index contributed by atoms with van der Waals surface area (Å²) in [6.07, 6.45) is 0.208. The molecule has 6 nitrogen and oxygen atoms in total. The fourth-order valence-corrected chi connectivity index (χ4v) is 4.02. The van der Waals surface area contributed by atoms with Crippen LogP contribution in [0.1, 0.15) is 5.56 Å². The molecule has 1 heterocycles. The highest BCUT2D eigenvalue weighted by Crippen LogP contribution is 2.22. The van der Waals surface area contributed by atoms with Crippen molar-refractivity contribution in [2.75, 3.05) is 0 Å². The zero-order valence-corrected chi connectivity index (χ0v) is 15.3. The molecule has 0 aliphatic carbocycles. The van der Waals surface area contributed by atoms with Crippen LogP contribution in [0.25, 0.3) is 21.0 Å². The minimum Gasteiger partial charge on any atom is -0.319 e. The summed E-state index contributed by atoms with van der Waals surface area (Å²) < 4.78 is 2.56. The number of nitro benzene ring substituents is 1. The number of hydrogen-bond donors (Lipinski definition) is 0. The lowest BCUT2D eigenvalue weighted by Crippen LogP contribution is -2.14. The average molecular weight is 377 g/mol. The molecule has 0 fully saturated rings. The zero-order chi connectivity index (χ0) is 19.0. The second kappa shape index (κ2) is 6.77. The number of aromatic nitrogens is 1. The number of hydrogen-bond acceptors (Lipinski definition) is 4. The monoisotopic (exact) mass is 377 g/mol. The Morgan fingerprint density at radius 2 is 1.89 bits per heavy atom. The number of carbonyl (C=O) groups excluding carboxylic acids is 1. The molecule has 0 N–H and O–H groups in total. The maximum Gasteiger partial charge on any atom is 0.271 e. The van der Waals surface area contributed by atoms with Gasteiger partial charge in [0.2, 0.25) is 0 Å². The number of thiazole rings is 1. The molecule has 0 saturated heterocycles. The normalized spacial score (nSPS) is 12.0. The Hall–Kier alpha value is -3.32. The maximum atomic E-state index is 12.4. The molecule has 134 valence electrons. The molecule has 1 aromatic heterocycles. The number of rotatable bonds is 3. The molecule has 3 aromatic carbocycles. The second-order valence-electron chi connectivity index (χ2n) is 6.22. The standard InChI is InChI=1S/C20H15N3O3S/c1-22-17-12-16(23(25)26)8-9-18(17)27-20(22)21-19(24)11-13-6-7-14-4-2-3-5-15(14)10-13/h2-10,12H,11H2,1H3. The van der Waals surface area contributed by atoms with Gasteiger partial charge in [0.1, 0.15) is 0 Å². The van der Waals surface area contributed by atoms with Gasteiger partial charge in [-0.2, -0.15) is 4.99 Å². The topological polar surface area (TPSA) is 77.5 Å². The van der Waals surface area contributed by atoms with Crippen LogP contribution in [0.3, 0.4) is 0 Å². The van der Waals surface area contributed by atoms with Gasteiger partial charge in [0.05, 0.1) is 21.6 Å². The summed E-state index contributed by atoms with van der Waals surface area (Å²) in [5.41, 5.74) is 1.61. The van der Waals surface area contributed by atoms with Crippen molar-refractivity contribution < 1.29 is 9.72 Å². The smallest absolute Gasteiger partial charge is 0.271 e. The third kappa shape index (κ3) is 3.37. The first-order valence-corrected chi connectivity index (χ1v) is 9.12. The highest BCUT2D eigenvalue weighted by Gasteiger charge is 2.11. The first kappa shape index (κ1) is 17.1. The van der Waals surface area contributed by atoms with Crippen molar-refractivity contribution in [1.29, 1.82) is 0 Å². The van der Waals surface area contributed by atoms with Crippen molar-refractivity contribution in [3.63, 3.8) is 0 Å². The van der Waals surface area contributed by atoms with Crippen LogP contribution in [0, 0.1) is 10.1 Å². The van der Waals surface area contributed by atoms with Crippen molar-refractivity contribution in [3.8, 4) is 0 Å². The van der Waals surface area contributed by atoms with E-state index >= 15 is 0 Å². The molecule has 27 heavy (non-hydrogen) atoms. The van der Waals surface area contributed by atoms with Crippen molar-refractivity contribution in [2.45, 2.75) is 6.42 Å². The summed E-state index contributed by atoms with van der Waals surface area (Å²) in [5.74, 6) is -0.248. The van der Waals surface area contributed by atoms with Gasteiger partial charge in [-0.1, -0.05) is 53.8 Å². The van der Waals surface area contributed by atoms with Gasteiger partial charge in [-0.15, -0.1) is 0 Å². The van der Waals surface area contributed by atoms with Crippen LogP contribution >= 0.6 is 11.3 Å². The maximum absolute atomic E-state index is 12.4. The van der Waals surface area contributed by atoms with Gasteiger partial charge in [0.25, 0.3) is 11.6 Å². The highest BCUT2D eigenvalue weighted by atomic mass is 32.1. The van der Waals surface area contributed by atoms with E-state index in [4.69, 9.17) is 0 Å². The van der Waals surface area contributed by atoms with Crippen LogP contribution in [0.4, 0.5) is 5.69 Å². The number of carbonyl (C=O) groups is 1. The molecule has 7 heteroatoms. The lowest BCUT2D eigenvalue weighted by molar-refractivity contribution is -0.384. The molecule has 1 amide bonds. The van der Waals surface area contributed by atoms with Crippen molar-refractivity contribution in [3.05, 3.63) is 81.1 Å². The fraction of sp³-hybridized carbons (Fsp3) is 0.100. The summed E-state index contributed by atoms with van der Waals surface area (Å²) >= 11 is 1.34. The van der Waals surface area contributed by atoms with Gasteiger partial charge in [-0.05, 0) is 22.4 Å². The first-order valence-electron chi connectivity index (χ1n) is 8.30. The van der Waals surface area contributed by atoms with E-state index in [1.54, 1.807) is 17.7 Å². The molecule has 4 aromatic rings. The number of non-ortho nitro benzene ring substituents is 1. The summed E-state index contributed by atoms with van der Waals surface area (Å²) in [6, 6.07) is 18.6. The minimum atomic E-state index is -0.432. The van der Waals surface area contributed by atoms with E-state index in [1.807, 2.05) is 42.5 Å². The molecule has 0 bridgehead atoms. The van der Waals surface area contributed by atoms with Crippen molar-refractivity contribution in [2.24, 2.45) is 12.0 Å². The summed E-state index contributed by atoms with van der Waals surface area (Å²) in [4.78, 5) is 27.7. The largest absolute Gasteiger partial charge is 0.319 e. The van der Waals surface area contributed by atoms with Crippen molar-refractivity contribution >= 4 is 43.9 Å². The Balaban J connectivity index is 1.66. The molecule has 0 aliphatic heterocycles. The number of amides is 1. The lowest BCUT2D eigenvalue weighted by Gasteiger charge is -2.01. The van der Waals surface area contributed by atoms with E-state index < -0.39 is 4.92 Å². The van der Waals surface area contributed by atoms with Gasteiger partial charge in [0.15, 0.2) is 4.80 Å². The SMILES string of the molecule is Cn1c(=NC(=O)Cc2ccc3ccccc3c2)sc2ccc([N+](=O)[O-])cc21. The molecule has 4 rings (SSSR count). The number of fused-ring (bicyclic) bond motifs is 2. The number of benzene rings is 3. The molecule has 0 unspecified atom stereocenters. The molecule has 0 aliphatic rings. The van der Waals surface area contributed by atoms with E-state index in [0.717, 1.165) is 21.0 Å². The van der Waals surface area contributed by atoms with Crippen molar-refractivity contribution in [1.82, 2.24) is 4.57 Å². The van der Waals surface area contributed by atoms with E-state index in [0.29, 0.717) is 10.3 Å². The van der Waals surface area contributed by atoms with E-state index in [-0.39, 0.29) is 18.0 Å². The Morgan fingerprint density at radius 1 is 1.11 bits per heavy atom. The Bertz CT molecular complexity index is 1270. The quantitative estimate of drug-likeness (QED) is 0.400. The van der Waals surface area contributed by atoms with Crippen LogP contribution in [-0.2, 0) is 18.3 Å². The van der Waals surface area contributed by atoms with Gasteiger partial charge in [-0.25, -0.2) is 0 Å². The number of aryl methyl sites for hydroxylation is 1. The molecule has 0 radical (unpaired) electrons. The number of nitrogens with zero attached hydrogens (tertiary/aromatic N) is 3. The van der Waals surface area contributed by atoms with E-state index in [2.05, 4.69) is 4.99 Å². The van der Waals surface area contributed by atoms with Gasteiger partial charge < -0.3 is 4.57 Å². The van der Waals surface area contributed by atoms with Crippen LogP contribution < -0.4 is 4.80 Å². The predicted octanol–water partition coefficient (Wildman–Crippen LogP) is 3.97. The Labute approximate surface area is 158 Å². The molecule has 0 saturated carbocycles. The highest BCUT2D eigenvalue weighted by molar-refractivity contribution is 7.16. The first-order chi connectivity index (χ1) is 13.0. The van der Waals surface area contributed by atoms with Crippen LogP contribution in [-0.4, -0.2) is 15.4 Å². The van der Waals surface area contributed by atoms with Crippen LogP contribution in [0.15, 0.2) is 65.7 Å². The number of nitro groups is 1. The Kier molecular flexibility index (Phi) is 4.29. The summed E-state index contributed by atoms with van der Waals surface area (Å²) in [7, 11) is 1.75. The third-order valence-electron chi connectivity index (χ3n) is 4.39. The summed E-state index contributed by atoms with van der Waals surface area (Å²) in [6.45, 7) is 0.